The van der Waals surface area contributed by atoms with Gasteiger partial charge < -0.3 is 9.26 Å². The largest absolute Gasteiger partial charge is 0.434 e. The van der Waals surface area contributed by atoms with Gasteiger partial charge in [0, 0.05) is 11.6 Å². The molecule has 0 fully saturated rings. The summed E-state index contributed by atoms with van der Waals surface area (Å²) >= 11 is 0. The molecule has 0 aliphatic heterocycles. The van der Waals surface area contributed by atoms with Gasteiger partial charge in [0.2, 0.25) is 10.0 Å². The molecule has 0 aliphatic rings. The van der Waals surface area contributed by atoms with Gasteiger partial charge in [-0.2, -0.15) is 8.78 Å². The number of rotatable bonds is 8. The topological polar surface area (TPSA) is 81.4 Å². The molecule has 0 amide bonds. The molecule has 0 saturated heterocycles. The van der Waals surface area contributed by atoms with Crippen molar-refractivity contribution in [3.8, 4) is 5.75 Å². The summed E-state index contributed by atoms with van der Waals surface area (Å²) in [5, 5.41) is 3.63. The van der Waals surface area contributed by atoms with Crippen molar-refractivity contribution in [3.05, 3.63) is 47.3 Å². The summed E-state index contributed by atoms with van der Waals surface area (Å²) in [6, 6.07) is 6.91. The SMILES string of the molecule is CC[C@@H](NS(=O)(=O)Cc1cc(C)no1)c1ccccc1OC(F)F. The van der Waals surface area contributed by atoms with Crippen LogP contribution in [0.15, 0.2) is 34.9 Å². The maximum absolute atomic E-state index is 12.5. The van der Waals surface area contributed by atoms with E-state index in [1.165, 1.54) is 12.1 Å². The van der Waals surface area contributed by atoms with E-state index in [4.69, 9.17) is 4.52 Å². The zero-order chi connectivity index (χ0) is 17.7. The second kappa shape index (κ2) is 7.71. The van der Waals surface area contributed by atoms with Crippen LogP contribution in [0.1, 0.15) is 36.4 Å². The van der Waals surface area contributed by atoms with E-state index in [0.717, 1.165) is 0 Å². The van der Waals surface area contributed by atoms with Gasteiger partial charge in [0.25, 0.3) is 0 Å². The number of hydrogen-bond donors (Lipinski definition) is 1. The van der Waals surface area contributed by atoms with Gasteiger partial charge in [-0.3, -0.25) is 0 Å². The number of para-hydroxylation sites is 1. The number of aryl methyl sites for hydroxylation is 1. The highest BCUT2D eigenvalue weighted by Gasteiger charge is 2.23. The van der Waals surface area contributed by atoms with Crippen molar-refractivity contribution in [2.75, 3.05) is 0 Å². The Kier molecular flexibility index (Phi) is 5.89. The summed E-state index contributed by atoms with van der Waals surface area (Å²) in [5.74, 6) is -0.244. The summed E-state index contributed by atoms with van der Waals surface area (Å²) in [6.45, 7) is 0.433. The molecule has 1 heterocycles. The molecular formula is C15H18F2N2O4S. The lowest BCUT2D eigenvalue weighted by Gasteiger charge is -2.20. The van der Waals surface area contributed by atoms with Crippen molar-refractivity contribution >= 4 is 10.0 Å². The molecule has 0 spiro atoms. The highest BCUT2D eigenvalue weighted by atomic mass is 32.2. The third kappa shape index (κ3) is 5.00. The minimum Gasteiger partial charge on any atom is -0.434 e. The van der Waals surface area contributed by atoms with Crippen molar-refractivity contribution < 1.29 is 26.5 Å². The number of benzene rings is 1. The van der Waals surface area contributed by atoms with Crippen molar-refractivity contribution in [2.24, 2.45) is 0 Å². The summed E-state index contributed by atoms with van der Waals surface area (Å²) < 4.78 is 61.5. The van der Waals surface area contributed by atoms with E-state index >= 15 is 0 Å². The monoisotopic (exact) mass is 360 g/mol. The van der Waals surface area contributed by atoms with Gasteiger partial charge in [-0.15, -0.1) is 0 Å². The van der Waals surface area contributed by atoms with Gasteiger partial charge in [-0.1, -0.05) is 30.3 Å². The number of nitrogens with zero attached hydrogens (tertiary/aromatic N) is 1. The lowest BCUT2D eigenvalue weighted by atomic mass is 10.0. The molecule has 1 atom stereocenters. The van der Waals surface area contributed by atoms with Crippen molar-refractivity contribution in [3.63, 3.8) is 0 Å². The second-order valence-corrected chi connectivity index (χ2v) is 6.94. The smallest absolute Gasteiger partial charge is 0.387 e. The van der Waals surface area contributed by atoms with Crippen molar-refractivity contribution in [1.29, 1.82) is 0 Å². The van der Waals surface area contributed by atoms with E-state index in [0.29, 0.717) is 17.7 Å². The fraction of sp³-hybridized carbons (Fsp3) is 0.400. The maximum Gasteiger partial charge on any atom is 0.387 e. The zero-order valence-electron chi connectivity index (χ0n) is 13.2. The van der Waals surface area contributed by atoms with Gasteiger partial charge in [0.05, 0.1) is 11.7 Å². The van der Waals surface area contributed by atoms with Gasteiger partial charge in [0.1, 0.15) is 11.5 Å². The fourth-order valence-electron chi connectivity index (χ4n) is 2.27. The molecule has 132 valence electrons. The van der Waals surface area contributed by atoms with Crippen LogP contribution < -0.4 is 9.46 Å². The third-order valence-electron chi connectivity index (χ3n) is 3.25. The van der Waals surface area contributed by atoms with Gasteiger partial charge in [-0.25, -0.2) is 13.1 Å². The predicted molar refractivity (Wildman–Crippen MR) is 83.1 cm³/mol. The number of aromatic nitrogens is 1. The number of alkyl halides is 2. The van der Waals surface area contributed by atoms with Crippen molar-refractivity contribution in [1.82, 2.24) is 9.88 Å². The van der Waals surface area contributed by atoms with Crippen LogP contribution in [0.2, 0.25) is 0 Å². The molecule has 9 heteroatoms. The summed E-state index contributed by atoms with van der Waals surface area (Å²) in [6.07, 6.45) is 0.359. The first kappa shape index (κ1) is 18.3. The molecule has 1 N–H and O–H groups in total. The molecule has 24 heavy (non-hydrogen) atoms. The highest BCUT2D eigenvalue weighted by Crippen LogP contribution is 2.29. The molecule has 0 bridgehead atoms. The average Bonchev–Trinajstić information content (AvgIpc) is 2.89. The minimum atomic E-state index is -3.75. The predicted octanol–water partition coefficient (Wildman–Crippen LogP) is 3.16. The van der Waals surface area contributed by atoms with E-state index in [1.54, 1.807) is 32.0 Å². The molecule has 0 radical (unpaired) electrons. The van der Waals surface area contributed by atoms with E-state index < -0.39 is 22.7 Å². The first-order valence-corrected chi connectivity index (χ1v) is 8.92. The van der Waals surface area contributed by atoms with E-state index in [-0.39, 0.29) is 17.3 Å². The summed E-state index contributed by atoms with van der Waals surface area (Å²) in [5.41, 5.74) is 0.917. The Balaban J connectivity index is 2.19. The van der Waals surface area contributed by atoms with Crippen LogP contribution in [0.4, 0.5) is 8.78 Å². The Bertz CT molecular complexity index is 777. The molecule has 2 aromatic rings. The first-order valence-electron chi connectivity index (χ1n) is 7.26. The Morgan fingerprint density at radius 2 is 2.04 bits per heavy atom. The van der Waals surface area contributed by atoms with Crippen LogP contribution in [0.25, 0.3) is 0 Å². The summed E-state index contributed by atoms with van der Waals surface area (Å²) in [4.78, 5) is 0. The average molecular weight is 360 g/mol. The second-order valence-electron chi connectivity index (χ2n) is 5.19. The number of halogens is 2. The number of sulfonamides is 1. The molecule has 0 saturated carbocycles. The van der Waals surface area contributed by atoms with E-state index in [9.17, 15) is 17.2 Å². The van der Waals surface area contributed by atoms with Crippen LogP contribution >= 0.6 is 0 Å². The summed E-state index contributed by atoms with van der Waals surface area (Å²) in [7, 11) is -3.75. The fourth-order valence-corrected chi connectivity index (χ4v) is 3.59. The molecular weight excluding hydrogens is 342 g/mol. The van der Waals surface area contributed by atoms with Gasteiger partial charge in [-0.05, 0) is 19.4 Å². The number of ether oxygens (including phenoxy) is 1. The van der Waals surface area contributed by atoms with Crippen LogP contribution in [0.3, 0.4) is 0 Å². The zero-order valence-corrected chi connectivity index (χ0v) is 14.0. The van der Waals surface area contributed by atoms with Gasteiger partial charge in [0.15, 0.2) is 5.76 Å². The van der Waals surface area contributed by atoms with Crippen LogP contribution in [-0.4, -0.2) is 20.2 Å². The Labute approximate surface area is 138 Å². The molecule has 1 aromatic carbocycles. The Morgan fingerprint density at radius 1 is 1.33 bits per heavy atom. The minimum absolute atomic E-state index is 0.0578. The maximum atomic E-state index is 12.5. The highest BCUT2D eigenvalue weighted by molar-refractivity contribution is 7.88. The quantitative estimate of drug-likeness (QED) is 0.782. The number of nitrogens with one attached hydrogen (secondary N) is 1. The molecule has 0 unspecified atom stereocenters. The lowest BCUT2D eigenvalue weighted by molar-refractivity contribution is -0.0506. The molecule has 2 rings (SSSR count). The standard InChI is InChI=1S/C15H18F2N2O4S/c1-3-13(12-6-4-5-7-14(12)22-15(16)17)19-24(20,21)9-11-8-10(2)18-23-11/h4-8,13,15,19H,3,9H2,1-2H3/t13-/m1/s1. The molecule has 6 nitrogen and oxygen atoms in total. The van der Waals surface area contributed by atoms with Crippen LogP contribution in [0.5, 0.6) is 5.75 Å². The normalized spacial score (nSPS) is 13.2. The number of hydrogen-bond acceptors (Lipinski definition) is 5. The lowest BCUT2D eigenvalue weighted by Crippen LogP contribution is -2.29. The van der Waals surface area contributed by atoms with E-state index in [1.807, 2.05) is 0 Å². The van der Waals surface area contributed by atoms with E-state index in [2.05, 4.69) is 14.6 Å². The first-order chi connectivity index (χ1) is 11.3. The van der Waals surface area contributed by atoms with Crippen LogP contribution in [0, 0.1) is 6.92 Å². The van der Waals surface area contributed by atoms with Crippen LogP contribution in [-0.2, 0) is 15.8 Å². The van der Waals surface area contributed by atoms with Gasteiger partial charge >= 0.3 is 6.61 Å². The molecule has 0 aliphatic carbocycles. The van der Waals surface area contributed by atoms with Crippen molar-refractivity contribution in [2.45, 2.75) is 38.7 Å². The third-order valence-corrected chi connectivity index (χ3v) is 4.56. The Hall–Kier alpha value is -2.00. The molecule has 1 aromatic heterocycles. The Morgan fingerprint density at radius 3 is 2.62 bits per heavy atom.